The SMILES string of the molecule is CCN(Cc1ccc(Cl)s1)C(=O)/C=C/c1cccc(N)c1. The molecule has 0 fully saturated rings. The van der Waals surface area contributed by atoms with E-state index < -0.39 is 0 Å². The molecule has 0 saturated heterocycles. The number of nitrogens with zero attached hydrogens (tertiary/aromatic N) is 1. The van der Waals surface area contributed by atoms with Gasteiger partial charge in [-0.15, -0.1) is 11.3 Å². The molecule has 0 aliphatic rings. The average molecular weight is 321 g/mol. The maximum Gasteiger partial charge on any atom is 0.246 e. The fraction of sp³-hybridized carbons (Fsp3) is 0.188. The Balaban J connectivity index is 2.03. The van der Waals surface area contributed by atoms with Gasteiger partial charge in [0, 0.05) is 23.2 Å². The maximum atomic E-state index is 12.2. The lowest BCUT2D eigenvalue weighted by Gasteiger charge is -2.18. The number of halogens is 1. The quantitative estimate of drug-likeness (QED) is 0.667. The van der Waals surface area contributed by atoms with Gasteiger partial charge in [-0.25, -0.2) is 0 Å². The number of nitrogens with two attached hydrogens (primary N) is 1. The van der Waals surface area contributed by atoms with Crippen molar-refractivity contribution in [3.05, 3.63) is 57.3 Å². The summed E-state index contributed by atoms with van der Waals surface area (Å²) < 4.78 is 0.740. The van der Waals surface area contributed by atoms with Gasteiger partial charge in [-0.3, -0.25) is 4.79 Å². The lowest BCUT2D eigenvalue weighted by molar-refractivity contribution is -0.126. The van der Waals surface area contributed by atoms with E-state index in [1.165, 1.54) is 11.3 Å². The summed E-state index contributed by atoms with van der Waals surface area (Å²) in [5, 5.41) is 0. The van der Waals surface area contributed by atoms with Crippen LogP contribution in [-0.4, -0.2) is 17.4 Å². The van der Waals surface area contributed by atoms with E-state index in [1.54, 1.807) is 17.1 Å². The molecule has 0 radical (unpaired) electrons. The van der Waals surface area contributed by atoms with Crippen LogP contribution in [-0.2, 0) is 11.3 Å². The molecule has 0 aliphatic heterocycles. The van der Waals surface area contributed by atoms with E-state index in [0.717, 1.165) is 14.8 Å². The Kier molecular flexibility index (Phi) is 5.42. The van der Waals surface area contributed by atoms with E-state index in [0.29, 0.717) is 18.8 Å². The Morgan fingerprint density at radius 3 is 2.81 bits per heavy atom. The second kappa shape index (κ2) is 7.29. The zero-order chi connectivity index (χ0) is 15.2. The van der Waals surface area contributed by atoms with Crippen molar-refractivity contribution in [1.29, 1.82) is 0 Å². The molecule has 3 nitrogen and oxygen atoms in total. The van der Waals surface area contributed by atoms with E-state index in [4.69, 9.17) is 17.3 Å². The summed E-state index contributed by atoms with van der Waals surface area (Å²) in [5.41, 5.74) is 7.32. The smallest absolute Gasteiger partial charge is 0.246 e. The molecule has 0 aliphatic carbocycles. The molecular weight excluding hydrogens is 304 g/mol. The molecule has 110 valence electrons. The first-order valence-electron chi connectivity index (χ1n) is 6.65. The van der Waals surface area contributed by atoms with Gasteiger partial charge in [0.05, 0.1) is 10.9 Å². The Hall–Kier alpha value is -1.78. The summed E-state index contributed by atoms with van der Waals surface area (Å²) in [4.78, 5) is 15.1. The number of likely N-dealkylation sites (N-methyl/N-ethyl adjacent to an activating group) is 1. The Morgan fingerprint density at radius 2 is 2.19 bits per heavy atom. The van der Waals surface area contributed by atoms with Crippen molar-refractivity contribution >= 4 is 40.6 Å². The summed E-state index contributed by atoms with van der Waals surface area (Å²) >= 11 is 7.41. The number of nitrogen functional groups attached to an aromatic ring is 1. The molecule has 2 N–H and O–H groups in total. The first kappa shape index (κ1) is 15.6. The van der Waals surface area contributed by atoms with Gasteiger partial charge in [0.1, 0.15) is 0 Å². The number of thiophene rings is 1. The number of hydrogen-bond acceptors (Lipinski definition) is 3. The Morgan fingerprint density at radius 1 is 1.38 bits per heavy atom. The molecule has 0 saturated carbocycles. The van der Waals surface area contributed by atoms with Crippen LogP contribution < -0.4 is 5.73 Å². The fourth-order valence-electron chi connectivity index (χ4n) is 1.91. The summed E-state index contributed by atoms with van der Waals surface area (Å²) in [7, 11) is 0. The van der Waals surface area contributed by atoms with Gasteiger partial charge in [-0.2, -0.15) is 0 Å². The lowest BCUT2D eigenvalue weighted by Crippen LogP contribution is -2.28. The van der Waals surface area contributed by atoms with E-state index in [2.05, 4.69) is 0 Å². The molecule has 0 bridgehead atoms. The molecule has 2 aromatic rings. The van der Waals surface area contributed by atoms with Crippen LogP contribution in [0.15, 0.2) is 42.5 Å². The highest BCUT2D eigenvalue weighted by molar-refractivity contribution is 7.16. The number of carbonyl (C=O) groups excluding carboxylic acids is 1. The molecule has 1 aromatic carbocycles. The Labute approximate surface area is 133 Å². The molecule has 1 amide bonds. The fourth-order valence-corrected chi connectivity index (χ4v) is 3.01. The summed E-state index contributed by atoms with van der Waals surface area (Å²) in [6.45, 7) is 3.19. The van der Waals surface area contributed by atoms with Gasteiger partial charge in [0.25, 0.3) is 0 Å². The van der Waals surface area contributed by atoms with E-state index in [9.17, 15) is 4.79 Å². The van der Waals surface area contributed by atoms with Crippen LogP contribution >= 0.6 is 22.9 Å². The third kappa shape index (κ3) is 4.62. The van der Waals surface area contributed by atoms with Crippen molar-refractivity contribution < 1.29 is 4.79 Å². The van der Waals surface area contributed by atoms with Crippen LogP contribution in [0, 0.1) is 0 Å². The highest BCUT2D eigenvalue weighted by Gasteiger charge is 2.10. The standard InChI is InChI=1S/C16H17ClN2OS/c1-2-19(11-14-7-8-15(17)21-14)16(20)9-6-12-4-3-5-13(18)10-12/h3-10H,2,11,18H2,1H3/b9-6+. The first-order chi connectivity index (χ1) is 10.1. The number of hydrogen-bond donors (Lipinski definition) is 1. The molecule has 0 atom stereocenters. The highest BCUT2D eigenvalue weighted by atomic mass is 35.5. The Bertz CT molecular complexity index is 651. The van der Waals surface area contributed by atoms with Crippen molar-refractivity contribution in [2.45, 2.75) is 13.5 Å². The van der Waals surface area contributed by atoms with Crippen molar-refractivity contribution in [3.63, 3.8) is 0 Å². The van der Waals surface area contributed by atoms with Gasteiger partial charge in [-0.05, 0) is 42.8 Å². The van der Waals surface area contributed by atoms with Gasteiger partial charge in [0.2, 0.25) is 5.91 Å². The number of amides is 1. The van der Waals surface area contributed by atoms with Gasteiger partial charge >= 0.3 is 0 Å². The minimum atomic E-state index is -0.0237. The molecule has 2 rings (SSSR count). The second-order valence-electron chi connectivity index (χ2n) is 4.56. The number of carbonyl (C=O) groups is 1. The van der Waals surface area contributed by atoms with Crippen LogP contribution in [0.3, 0.4) is 0 Å². The van der Waals surface area contributed by atoms with E-state index in [-0.39, 0.29) is 5.91 Å². The predicted octanol–water partition coefficient (Wildman–Crippen LogP) is 4.05. The van der Waals surface area contributed by atoms with Crippen LogP contribution in [0.25, 0.3) is 6.08 Å². The molecule has 21 heavy (non-hydrogen) atoms. The van der Waals surface area contributed by atoms with E-state index >= 15 is 0 Å². The van der Waals surface area contributed by atoms with Crippen molar-refractivity contribution in [3.8, 4) is 0 Å². The monoisotopic (exact) mass is 320 g/mol. The third-order valence-corrected chi connectivity index (χ3v) is 4.21. The number of benzene rings is 1. The van der Waals surface area contributed by atoms with Crippen LogP contribution in [0.4, 0.5) is 5.69 Å². The summed E-state index contributed by atoms with van der Waals surface area (Å²) in [6.07, 6.45) is 3.36. The van der Waals surface area contributed by atoms with Crippen LogP contribution in [0.5, 0.6) is 0 Å². The lowest BCUT2D eigenvalue weighted by atomic mass is 10.2. The normalized spacial score (nSPS) is 11.0. The van der Waals surface area contributed by atoms with Crippen LogP contribution in [0.2, 0.25) is 4.34 Å². The number of anilines is 1. The highest BCUT2D eigenvalue weighted by Crippen LogP contribution is 2.22. The molecule has 0 spiro atoms. The summed E-state index contributed by atoms with van der Waals surface area (Å²) in [6, 6.07) is 11.2. The van der Waals surface area contributed by atoms with E-state index in [1.807, 2.05) is 43.3 Å². The van der Waals surface area contributed by atoms with Crippen LogP contribution in [0.1, 0.15) is 17.4 Å². The van der Waals surface area contributed by atoms with Gasteiger partial charge in [-0.1, -0.05) is 23.7 Å². The zero-order valence-electron chi connectivity index (χ0n) is 11.8. The largest absolute Gasteiger partial charge is 0.399 e. The minimum Gasteiger partial charge on any atom is -0.399 e. The summed E-state index contributed by atoms with van der Waals surface area (Å²) in [5.74, 6) is -0.0237. The van der Waals surface area contributed by atoms with Crippen molar-refractivity contribution in [2.75, 3.05) is 12.3 Å². The number of rotatable bonds is 5. The van der Waals surface area contributed by atoms with Crippen molar-refractivity contribution in [1.82, 2.24) is 4.90 Å². The molecular formula is C16H17ClN2OS. The minimum absolute atomic E-state index is 0.0237. The van der Waals surface area contributed by atoms with Gasteiger partial charge < -0.3 is 10.6 Å². The molecule has 5 heteroatoms. The first-order valence-corrected chi connectivity index (χ1v) is 7.84. The van der Waals surface area contributed by atoms with Gasteiger partial charge in [0.15, 0.2) is 0 Å². The molecule has 1 aromatic heterocycles. The molecule has 1 heterocycles. The maximum absolute atomic E-state index is 12.2. The molecule has 0 unspecified atom stereocenters. The van der Waals surface area contributed by atoms with Crippen molar-refractivity contribution in [2.24, 2.45) is 0 Å². The predicted molar refractivity (Wildman–Crippen MR) is 90.3 cm³/mol. The zero-order valence-corrected chi connectivity index (χ0v) is 13.3. The topological polar surface area (TPSA) is 46.3 Å². The average Bonchev–Trinajstić information content (AvgIpc) is 2.87. The third-order valence-electron chi connectivity index (χ3n) is 3.00. The second-order valence-corrected chi connectivity index (χ2v) is 6.36.